The molecule has 0 saturated heterocycles. The SMILES string of the molecule is CC(C)(O)C(F)CNC(=O)c1cnc(Nc2ncc(C#N)cc2Cl)cc1Nc1ccc(-n2cccn2)cc1. The van der Waals surface area contributed by atoms with Crippen molar-refractivity contribution in [1.82, 2.24) is 25.1 Å². The number of nitriles is 1. The van der Waals surface area contributed by atoms with Crippen molar-refractivity contribution in [3.8, 4) is 11.8 Å². The Morgan fingerprint density at radius 2 is 1.97 bits per heavy atom. The van der Waals surface area contributed by atoms with E-state index in [1.165, 1.54) is 32.3 Å². The highest BCUT2D eigenvalue weighted by Gasteiger charge is 2.27. The lowest BCUT2D eigenvalue weighted by Crippen LogP contribution is -2.42. The molecule has 1 unspecified atom stereocenters. The fraction of sp³-hybridized carbons (Fsp3) is 0.192. The number of carbonyl (C=O) groups is 1. The third-order valence-electron chi connectivity index (χ3n) is 5.49. The molecule has 3 heterocycles. The van der Waals surface area contributed by atoms with Gasteiger partial charge in [-0.2, -0.15) is 10.4 Å². The van der Waals surface area contributed by atoms with Crippen LogP contribution >= 0.6 is 11.6 Å². The molecule has 0 aliphatic heterocycles. The Morgan fingerprint density at radius 3 is 2.61 bits per heavy atom. The van der Waals surface area contributed by atoms with Crippen LogP contribution in [0.2, 0.25) is 5.02 Å². The van der Waals surface area contributed by atoms with Gasteiger partial charge in [0, 0.05) is 36.5 Å². The fourth-order valence-electron chi connectivity index (χ4n) is 3.32. The fourth-order valence-corrected chi connectivity index (χ4v) is 3.54. The van der Waals surface area contributed by atoms with Crippen molar-refractivity contribution in [3.05, 3.63) is 83.4 Å². The number of aromatic nitrogens is 4. The van der Waals surface area contributed by atoms with Crippen molar-refractivity contribution in [2.75, 3.05) is 17.2 Å². The minimum atomic E-state index is -1.67. The van der Waals surface area contributed by atoms with Crippen LogP contribution in [0.4, 0.5) is 27.4 Å². The lowest BCUT2D eigenvalue weighted by atomic mass is 10.0. The summed E-state index contributed by atoms with van der Waals surface area (Å²) >= 11 is 6.23. The van der Waals surface area contributed by atoms with Gasteiger partial charge >= 0.3 is 0 Å². The van der Waals surface area contributed by atoms with Gasteiger partial charge in [0.15, 0.2) is 0 Å². The Balaban J connectivity index is 1.61. The van der Waals surface area contributed by atoms with Crippen LogP contribution in [-0.2, 0) is 0 Å². The van der Waals surface area contributed by atoms with Gasteiger partial charge < -0.3 is 21.1 Å². The number of amides is 1. The first-order valence-corrected chi connectivity index (χ1v) is 11.9. The molecule has 3 aromatic heterocycles. The molecule has 0 fully saturated rings. The number of benzene rings is 1. The summed E-state index contributed by atoms with van der Waals surface area (Å²) in [5, 5.41) is 32.0. The number of hydrogen-bond acceptors (Lipinski definition) is 8. The summed E-state index contributed by atoms with van der Waals surface area (Å²) in [6, 6.07) is 14.2. The van der Waals surface area contributed by atoms with Crippen molar-refractivity contribution in [2.45, 2.75) is 25.6 Å². The smallest absolute Gasteiger partial charge is 0.255 e. The Morgan fingerprint density at radius 1 is 1.21 bits per heavy atom. The maximum atomic E-state index is 14.2. The highest BCUT2D eigenvalue weighted by atomic mass is 35.5. The summed E-state index contributed by atoms with van der Waals surface area (Å²) in [5.74, 6) is 0.00709. The highest BCUT2D eigenvalue weighted by molar-refractivity contribution is 6.33. The zero-order valence-corrected chi connectivity index (χ0v) is 21.2. The second-order valence-electron chi connectivity index (χ2n) is 8.86. The molecule has 1 atom stereocenters. The number of nitrogens with one attached hydrogen (secondary N) is 3. The van der Waals surface area contributed by atoms with E-state index < -0.39 is 17.7 Å². The molecule has 4 N–H and O–H groups in total. The van der Waals surface area contributed by atoms with E-state index in [1.54, 1.807) is 16.9 Å². The number of aliphatic hydroxyl groups is 1. The monoisotopic (exact) mass is 534 g/mol. The first kappa shape index (κ1) is 26.5. The number of halogens is 2. The largest absolute Gasteiger partial charge is 0.387 e. The maximum Gasteiger partial charge on any atom is 0.255 e. The quantitative estimate of drug-likeness (QED) is 0.246. The third kappa shape index (κ3) is 6.42. The van der Waals surface area contributed by atoms with Crippen LogP contribution in [0, 0.1) is 11.3 Å². The molecule has 1 amide bonds. The van der Waals surface area contributed by atoms with Gasteiger partial charge in [-0.1, -0.05) is 11.6 Å². The van der Waals surface area contributed by atoms with Gasteiger partial charge in [0.05, 0.1) is 39.7 Å². The molecule has 0 bridgehead atoms. The summed E-state index contributed by atoms with van der Waals surface area (Å²) in [5.41, 5.74) is 0.728. The molecule has 0 radical (unpaired) electrons. The third-order valence-corrected chi connectivity index (χ3v) is 5.78. The Kier molecular flexibility index (Phi) is 7.85. The highest BCUT2D eigenvalue weighted by Crippen LogP contribution is 2.28. The van der Waals surface area contributed by atoms with E-state index in [0.29, 0.717) is 22.8 Å². The molecule has 1 aromatic carbocycles. The van der Waals surface area contributed by atoms with Gasteiger partial charge in [-0.15, -0.1) is 0 Å². The second-order valence-corrected chi connectivity index (χ2v) is 9.27. The molecular formula is C26H24ClFN8O2. The number of hydrogen-bond donors (Lipinski definition) is 4. The van der Waals surface area contributed by atoms with Crippen LogP contribution < -0.4 is 16.0 Å². The second kappa shape index (κ2) is 11.2. The zero-order valence-electron chi connectivity index (χ0n) is 20.5. The molecule has 0 spiro atoms. The first-order valence-electron chi connectivity index (χ1n) is 11.5. The predicted molar refractivity (Wildman–Crippen MR) is 142 cm³/mol. The normalized spacial score (nSPS) is 11.9. The molecule has 4 rings (SSSR count). The van der Waals surface area contributed by atoms with Crippen molar-refractivity contribution < 1.29 is 14.3 Å². The summed E-state index contributed by atoms with van der Waals surface area (Å²) < 4.78 is 15.9. The lowest BCUT2D eigenvalue weighted by Gasteiger charge is -2.22. The Hall–Kier alpha value is -4.53. The Bertz CT molecular complexity index is 1460. The Labute approximate surface area is 223 Å². The number of pyridine rings is 2. The molecule has 4 aromatic rings. The van der Waals surface area contributed by atoms with E-state index in [1.807, 2.05) is 42.6 Å². The van der Waals surface area contributed by atoms with E-state index in [-0.39, 0.29) is 22.9 Å². The van der Waals surface area contributed by atoms with Gasteiger partial charge in [-0.3, -0.25) is 4.79 Å². The maximum absolute atomic E-state index is 14.2. The molecule has 0 saturated carbocycles. The topological polar surface area (TPSA) is 141 Å². The van der Waals surface area contributed by atoms with E-state index in [4.69, 9.17) is 16.9 Å². The number of nitrogens with zero attached hydrogens (tertiary/aromatic N) is 5. The van der Waals surface area contributed by atoms with E-state index in [9.17, 15) is 14.3 Å². The van der Waals surface area contributed by atoms with Crippen LogP contribution in [0.15, 0.2) is 67.3 Å². The molecule has 38 heavy (non-hydrogen) atoms. The van der Waals surface area contributed by atoms with Crippen LogP contribution in [-0.4, -0.2) is 49.1 Å². The van der Waals surface area contributed by atoms with Crippen LogP contribution in [0.3, 0.4) is 0 Å². The van der Waals surface area contributed by atoms with Gasteiger partial charge in [-0.25, -0.2) is 19.0 Å². The molecule has 194 valence electrons. The minimum Gasteiger partial charge on any atom is -0.387 e. The van der Waals surface area contributed by atoms with Gasteiger partial charge in [-0.05, 0) is 50.2 Å². The van der Waals surface area contributed by atoms with Crippen LogP contribution in [0.25, 0.3) is 5.69 Å². The van der Waals surface area contributed by atoms with E-state index in [2.05, 4.69) is 31.0 Å². The summed E-state index contributed by atoms with van der Waals surface area (Å²) in [4.78, 5) is 21.4. The summed E-state index contributed by atoms with van der Waals surface area (Å²) in [6.45, 7) is 2.27. The molecule has 0 aliphatic carbocycles. The number of rotatable bonds is 9. The van der Waals surface area contributed by atoms with Crippen molar-refractivity contribution in [1.29, 1.82) is 5.26 Å². The number of anilines is 4. The molecular weight excluding hydrogens is 511 g/mol. The summed E-state index contributed by atoms with van der Waals surface area (Å²) in [6.07, 6.45) is 4.52. The lowest BCUT2D eigenvalue weighted by molar-refractivity contribution is -0.00177. The predicted octanol–water partition coefficient (Wildman–Crippen LogP) is 4.51. The number of alkyl halides is 1. The zero-order chi connectivity index (χ0) is 27.3. The van der Waals surface area contributed by atoms with Crippen molar-refractivity contribution in [2.24, 2.45) is 0 Å². The molecule has 10 nitrogen and oxygen atoms in total. The molecule has 0 aliphatic rings. The van der Waals surface area contributed by atoms with E-state index >= 15 is 0 Å². The average molecular weight is 535 g/mol. The van der Waals surface area contributed by atoms with Gasteiger partial charge in [0.1, 0.15) is 23.9 Å². The molecule has 12 heteroatoms. The summed E-state index contributed by atoms with van der Waals surface area (Å²) in [7, 11) is 0. The van der Waals surface area contributed by atoms with Gasteiger partial charge in [0.2, 0.25) is 0 Å². The number of carbonyl (C=O) groups excluding carboxylic acids is 1. The van der Waals surface area contributed by atoms with Gasteiger partial charge in [0.25, 0.3) is 5.91 Å². The van der Waals surface area contributed by atoms with Crippen molar-refractivity contribution in [3.63, 3.8) is 0 Å². The average Bonchev–Trinajstić information content (AvgIpc) is 3.43. The first-order chi connectivity index (χ1) is 18.1. The minimum absolute atomic E-state index is 0.147. The van der Waals surface area contributed by atoms with Crippen molar-refractivity contribution >= 4 is 40.5 Å². The van der Waals surface area contributed by atoms with E-state index in [0.717, 1.165) is 5.69 Å². The standard InChI is InChI=1S/C26H24ClFN8O2/c1-26(2,38)22(28)15-32-25(37)19-14-30-23(35-24-20(27)10-16(12-29)13-31-24)11-21(19)34-17-4-6-18(7-5-17)36-9-3-8-33-36/h3-11,13-14,22,38H,15H2,1-2H3,(H,32,37)(H2,30,31,34,35). The van der Waals surface area contributed by atoms with Crippen LogP contribution in [0.5, 0.6) is 0 Å². The van der Waals surface area contributed by atoms with Crippen LogP contribution in [0.1, 0.15) is 29.8 Å².